The van der Waals surface area contributed by atoms with Crippen molar-refractivity contribution in [3.05, 3.63) is 48.7 Å². The molecule has 0 saturated heterocycles. The van der Waals surface area contributed by atoms with Gasteiger partial charge in [0, 0.05) is 23.5 Å². The lowest BCUT2D eigenvalue weighted by Gasteiger charge is -2.12. The maximum atomic E-state index is 11.5. The van der Waals surface area contributed by atoms with Crippen LogP contribution in [0.25, 0.3) is 10.8 Å². The lowest BCUT2D eigenvalue weighted by molar-refractivity contribution is 0.319. The van der Waals surface area contributed by atoms with Gasteiger partial charge in [0.2, 0.25) is 0 Å². The SMILES string of the molecule is CCOc1cc2ccnc(Nc3ccc(S(C)(=O)=O)cc3)c2cc1O. The standard InChI is InChI=1S/C18H18N2O4S/c1-3-24-17-10-12-8-9-19-18(15(12)11-16(17)21)20-13-4-6-14(7-5-13)25(2,22)23/h4-11,21H,3H2,1-2H3,(H,19,20). The number of aromatic hydroxyl groups is 1. The molecule has 1 aromatic heterocycles. The van der Waals surface area contributed by atoms with E-state index in [-0.39, 0.29) is 10.6 Å². The molecule has 0 radical (unpaired) electrons. The Labute approximate surface area is 146 Å². The van der Waals surface area contributed by atoms with E-state index in [1.165, 1.54) is 18.4 Å². The monoisotopic (exact) mass is 358 g/mol. The lowest BCUT2D eigenvalue weighted by atomic mass is 10.1. The third kappa shape index (κ3) is 3.66. The highest BCUT2D eigenvalue weighted by Gasteiger charge is 2.10. The number of hydrogen-bond acceptors (Lipinski definition) is 6. The first-order valence-electron chi connectivity index (χ1n) is 7.70. The lowest BCUT2D eigenvalue weighted by Crippen LogP contribution is -1.98. The average Bonchev–Trinajstić information content (AvgIpc) is 2.56. The molecule has 3 aromatic rings. The molecule has 1 heterocycles. The van der Waals surface area contributed by atoms with Gasteiger partial charge in [0.15, 0.2) is 21.3 Å². The Kier molecular flexibility index (Phi) is 4.50. The summed E-state index contributed by atoms with van der Waals surface area (Å²) in [7, 11) is -3.23. The molecule has 0 saturated carbocycles. The molecule has 0 atom stereocenters. The van der Waals surface area contributed by atoms with Crippen LogP contribution in [0.4, 0.5) is 11.5 Å². The Morgan fingerprint density at radius 2 is 1.88 bits per heavy atom. The van der Waals surface area contributed by atoms with Crippen molar-refractivity contribution in [2.45, 2.75) is 11.8 Å². The molecular formula is C18H18N2O4S. The van der Waals surface area contributed by atoms with Gasteiger partial charge in [-0.1, -0.05) is 0 Å². The molecule has 3 rings (SSSR count). The van der Waals surface area contributed by atoms with E-state index in [9.17, 15) is 13.5 Å². The van der Waals surface area contributed by atoms with Gasteiger partial charge in [-0.3, -0.25) is 0 Å². The Hall–Kier alpha value is -2.80. The maximum absolute atomic E-state index is 11.5. The second-order valence-electron chi connectivity index (χ2n) is 5.56. The van der Waals surface area contributed by atoms with Crippen molar-refractivity contribution in [3.63, 3.8) is 0 Å². The van der Waals surface area contributed by atoms with Crippen LogP contribution in [0.2, 0.25) is 0 Å². The number of fused-ring (bicyclic) bond motifs is 1. The Morgan fingerprint density at radius 3 is 2.52 bits per heavy atom. The zero-order valence-electron chi connectivity index (χ0n) is 13.9. The van der Waals surface area contributed by atoms with Gasteiger partial charge < -0.3 is 15.2 Å². The van der Waals surface area contributed by atoms with E-state index in [0.29, 0.717) is 23.9 Å². The first-order chi connectivity index (χ1) is 11.9. The smallest absolute Gasteiger partial charge is 0.175 e. The predicted molar refractivity (Wildman–Crippen MR) is 97.4 cm³/mol. The Bertz CT molecular complexity index is 1020. The third-order valence-corrected chi connectivity index (χ3v) is 4.82. The number of sulfone groups is 1. The summed E-state index contributed by atoms with van der Waals surface area (Å²) in [5.74, 6) is 1.02. The van der Waals surface area contributed by atoms with Gasteiger partial charge in [-0.25, -0.2) is 13.4 Å². The molecular weight excluding hydrogens is 340 g/mol. The van der Waals surface area contributed by atoms with E-state index >= 15 is 0 Å². The van der Waals surface area contributed by atoms with E-state index in [4.69, 9.17) is 4.74 Å². The van der Waals surface area contributed by atoms with Crippen molar-refractivity contribution in [2.75, 3.05) is 18.2 Å². The Morgan fingerprint density at radius 1 is 1.16 bits per heavy atom. The number of anilines is 2. The minimum Gasteiger partial charge on any atom is -0.504 e. The summed E-state index contributed by atoms with van der Waals surface area (Å²) in [6, 6.07) is 11.6. The second-order valence-corrected chi connectivity index (χ2v) is 7.57. The number of ether oxygens (including phenoxy) is 1. The molecule has 0 amide bonds. The van der Waals surface area contributed by atoms with Crippen molar-refractivity contribution in [1.29, 1.82) is 0 Å². The topological polar surface area (TPSA) is 88.5 Å². The molecule has 7 heteroatoms. The van der Waals surface area contributed by atoms with Crippen LogP contribution < -0.4 is 10.1 Å². The van der Waals surface area contributed by atoms with Crippen molar-refractivity contribution in [3.8, 4) is 11.5 Å². The number of benzene rings is 2. The number of nitrogens with one attached hydrogen (secondary N) is 1. The van der Waals surface area contributed by atoms with Crippen molar-refractivity contribution in [1.82, 2.24) is 4.98 Å². The van der Waals surface area contributed by atoms with E-state index in [2.05, 4.69) is 10.3 Å². The zero-order valence-corrected chi connectivity index (χ0v) is 14.7. The van der Waals surface area contributed by atoms with E-state index in [1.807, 2.05) is 13.0 Å². The van der Waals surface area contributed by atoms with Crippen LogP contribution in [-0.2, 0) is 9.84 Å². The predicted octanol–water partition coefficient (Wildman–Crippen LogP) is 3.49. The number of phenols is 1. The number of pyridine rings is 1. The molecule has 2 aromatic carbocycles. The first kappa shape index (κ1) is 17.0. The third-order valence-electron chi connectivity index (χ3n) is 3.69. The molecule has 0 bridgehead atoms. The maximum Gasteiger partial charge on any atom is 0.175 e. The number of aromatic nitrogens is 1. The van der Waals surface area contributed by atoms with Crippen LogP contribution in [0, 0.1) is 0 Å². The minimum atomic E-state index is -3.23. The fourth-order valence-corrected chi connectivity index (χ4v) is 3.11. The fourth-order valence-electron chi connectivity index (χ4n) is 2.48. The highest BCUT2D eigenvalue weighted by molar-refractivity contribution is 7.90. The van der Waals surface area contributed by atoms with Gasteiger partial charge in [-0.15, -0.1) is 0 Å². The van der Waals surface area contributed by atoms with Crippen LogP contribution in [0.5, 0.6) is 11.5 Å². The van der Waals surface area contributed by atoms with Gasteiger partial charge in [0.05, 0.1) is 11.5 Å². The zero-order chi connectivity index (χ0) is 18.0. The van der Waals surface area contributed by atoms with Gasteiger partial charge in [-0.2, -0.15) is 0 Å². The molecule has 6 nitrogen and oxygen atoms in total. The highest BCUT2D eigenvalue weighted by Crippen LogP contribution is 2.34. The molecule has 0 spiro atoms. The molecule has 0 aliphatic heterocycles. The number of rotatable bonds is 5. The summed E-state index contributed by atoms with van der Waals surface area (Å²) < 4.78 is 28.5. The average molecular weight is 358 g/mol. The van der Waals surface area contributed by atoms with Crippen LogP contribution in [0.3, 0.4) is 0 Å². The molecule has 0 unspecified atom stereocenters. The summed E-state index contributed by atoms with van der Waals surface area (Å²) in [5.41, 5.74) is 0.695. The minimum absolute atomic E-state index is 0.0397. The van der Waals surface area contributed by atoms with Gasteiger partial charge >= 0.3 is 0 Å². The first-order valence-corrected chi connectivity index (χ1v) is 9.59. The summed E-state index contributed by atoms with van der Waals surface area (Å²) in [6.07, 6.45) is 2.82. The summed E-state index contributed by atoms with van der Waals surface area (Å²) >= 11 is 0. The van der Waals surface area contributed by atoms with Gasteiger partial charge in [0.25, 0.3) is 0 Å². The molecule has 25 heavy (non-hydrogen) atoms. The number of nitrogens with zero attached hydrogens (tertiary/aromatic N) is 1. The summed E-state index contributed by atoms with van der Waals surface area (Å²) in [4.78, 5) is 4.56. The van der Waals surface area contributed by atoms with Crippen LogP contribution >= 0.6 is 0 Å². The summed E-state index contributed by atoms with van der Waals surface area (Å²) in [6.45, 7) is 2.31. The summed E-state index contributed by atoms with van der Waals surface area (Å²) in [5, 5.41) is 14.9. The highest BCUT2D eigenvalue weighted by atomic mass is 32.2. The van der Waals surface area contributed by atoms with Gasteiger partial charge in [0.1, 0.15) is 5.82 Å². The van der Waals surface area contributed by atoms with Gasteiger partial charge in [-0.05, 0) is 54.8 Å². The van der Waals surface area contributed by atoms with Crippen molar-refractivity contribution >= 4 is 32.1 Å². The number of phenolic OH excluding ortho intramolecular Hbond substituents is 1. The van der Waals surface area contributed by atoms with E-state index in [0.717, 1.165) is 10.8 Å². The number of hydrogen-bond donors (Lipinski definition) is 2. The normalized spacial score (nSPS) is 11.4. The van der Waals surface area contributed by atoms with E-state index < -0.39 is 9.84 Å². The second kappa shape index (κ2) is 6.60. The quantitative estimate of drug-likeness (QED) is 0.726. The van der Waals surface area contributed by atoms with Crippen molar-refractivity contribution in [2.24, 2.45) is 0 Å². The molecule has 130 valence electrons. The fraction of sp³-hybridized carbons (Fsp3) is 0.167. The van der Waals surface area contributed by atoms with Crippen LogP contribution in [0.1, 0.15) is 6.92 Å². The molecule has 0 fully saturated rings. The van der Waals surface area contributed by atoms with Crippen molar-refractivity contribution < 1.29 is 18.3 Å². The van der Waals surface area contributed by atoms with Crippen LogP contribution in [-0.4, -0.2) is 31.4 Å². The molecule has 0 aliphatic carbocycles. The largest absolute Gasteiger partial charge is 0.504 e. The Balaban J connectivity index is 1.97. The molecule has 2 N–H and O–H groups in total. The van der Waals surface area contributed by atoms with E-state index in [1.54, 1.807) is 30.5 Å². The van der Waals surface area contributed by atoms with Crippen LogP contribution in [0.15, 0.2) is 53.6 Å². The molecule has 0 aliphatic rings.